The maximum absolute atomic E-state index is 11.9. The molecule has 18 heavy (non-hydrogen) atoms. The molecular weight excluding hydrogens is 226 g/mol. The molecule has 3 rings (SSSR count). The van der Waals surface area contributed by atoms with E-state index in [0.717, 1.165) is 24.0 Å². The number of pyridine rings is 1. The van der Waals surface area contributed by atoms with Gasteiger partial charge in [-0.3, -0.25) is 4.79 Å². The second-order valence-electron chi connectivity index (χ2n) is 4.72. The van der Waals surface area contributed by atoms with Gasteiger partial charge in [-0.25, -0.2) is 4.68 Å². The molecule has 4 nitrogen and oxygen atoms in total. The molecule has 1 saturated heterocycles. The zero-order chi connectivity index (χ0) is 12.4. The summed E-state index contributed by atoms with van der Waals surface area (Å²) in [4.78, 5) is 11.9. The molecule has 1 aromatic heterocycles. The van der Waals surface area contributed by atoms with Crippen molar-refractivity contribution in [3.8, 4) is 0 Å². The Hall–Kier alpha value is -1.81. The average molecular weight is 243 g/mol. The van der Waals surface area contributed by atoms with Crippen LogP contribution in [0.1, 0.15) is 12.8 Å². The van der Waals surface area contributed by atoms with Crippen LogP contribution in [0.5, 0.6) is 0 Å². The molecular formula is C14H17N3O. The van der Waals surface area contributed by atoms with Crippen LogP contribution in [0.3, 0.4) is 0 Å². The van der Waals surface area contributed by atoms with Gasteiger partial charge in [0.1, 0.15) is 0 Å². The van der Waals surface area contributed by atoms with E-state index in [9.17, 15) is 4.79 Å². The van der Waals surface area contributed by atoms with Gasteiger partial charge in [-0.1, -0.05) is 18.2 Å². The second kappa shape index (κ2) is 4.82. The van der Waals surface area contributed by atoms with E-state index in [1.165, 1.54) is 12.8 Å². The summed E-state index contributed by atoms with van der Waals surface area (Å²) in [7, 11) is 0. The number of hydrogen-bond acceptors (Lipinski definition) is 3. The number of nitrogens with zero attached hydrogens (tertiary/aromatic N) is 1. The number of rotatable bonds is 3. The van der Waals surface area contributed by atoms with Gasteiger partial charge in [0.25, 0.3) is 5.56 Å². The molecule has 1 aromatic carbocycles. The Bertz CT molecular complexity index is 599. The number of para-hydroxylation sites is 1. The molecule has 2 aromatic rings. The molecule has 2 heterocycles. The maximum atomic E-state index is 11.9. The minimum Gasteiger partial charge on any atom is -0.321 e. The zero-order valence-electron chi connectivity index (χ0n) is 10.2. The van der Waals surface area contributed by atoms with E-state index < -0.39 is 0 Å². The SMILES string of the molecule is O=c1ccc2ccccc2n1NC[C@@H]1CCCN1. The van der Waals surface area contributed by atoms with Gasteiger partial charge in [0, 0.05) is 24.0 Å². The van der Waals surface area contributed by atoms with Crippen LogP contribution in [-0.2, 0) is 0 Å². The Labute approximate surface area is 106 Å². The molecule has 94 valence electrons. The van der Waals surface area contributed by atoms with Crippen LogP contribution in [0, 0.1) is 0 Å². The quantitative estimate of drug-likeness (QED) is 0.854. The smallest absolute Gasteiger partial charge is 0.269 e. The first-order valence-electron chi connectivity index (χ1n) is 6.43. The van der Waals surface area contributed by atoms with E-state index >= 15 is 0 Å². The van der Waals surface area contributed by atoms with Crippen LogP contribution in [0.4, 0.5) is 0 Å². The molecule has 0 bridgehead atoms. The Kier molecular flexibility index (Phi) is 3.02. The van der Waals surface area contributed by atoms with Gasteiger partial charge in [0.05, 0.1) is 5.52 Å². The van der Waals surface area contributed by atoms with Crippen LogP contribution >= 0.6 is 0 Å². The number of nitrogens with one attached hydrogen (secondary N) is 2. The third kappa shape index (κ3) is 2.11. The van der Waals surface area contributed by atoms with Gasteiger partial charge >= 0.3 is 0 Å². The van der Waals surface area contributed by atoms with Gasteiger partial charge < -0.3 is 10.7 Å². The first-order chi connectivity index (χ1) is 8.84. The van der Waals surface area contributed by atoms with Crippen molar-refractivity contribution in [3.63, 3.8) is 0 Å². The van der Waals surface area contributed by atoms with Gasteiger partial charge in [0.2, 0.25) is 0 Å². The van der Waals surface area contributed by atoms with Crippen molar-refractivity contribution in [2.24, 2.45) is 0 Å². The summed E-state index contributed by atoms with van der Waals surface area (Å²) in [6.45, 7) is 1.87. The van der Waals surface area contributed by atoms with Crippen LogP contribution < -0.4 is 16.3 Å². The van der Waals surface area contributed by atoms with Crippen molar-refractivity contribution in [2.45, 2.75) is 18.9 Å². The van der Waals surface area contributed by atoms with Gasteiger partial charge in [-0.05, 0) is 31.5 Å². The third-order valence-electron chi connectivity index (χ3n) is 3.46. The Balaban J connectivity index is 1.89. The minimum absolute atomic E-state index is 0.00769. The Morgan fingerprint density at radius 1 is 1.28 bits per heavy atom. The van der Waals surface area contributed by atoms with Gasteiger partial charge in [0.15, 0.2) is 0 Å². The number of aromatic nitrogens is 1. The van der Waals surface area contributed by atoms with E-state index in [2.05, 4.69) is 10.7 Å². The molecule has 1 aliphatic rings. The normalized spacial score (nSPS) is 19.2. The molecule has 0 amide bonds. The Morgan fingerprint density at radius 3 is 3.00 bits per heavy atom. The molecule has 1 fully saturated rings. The molecule has 2 N–H and O–H groups in total. The lowest BCUT2D eigenvalue weighted by Crippen LogP contribution is -2.37. The fourth-order valence-corrected chi connectivity index (χ4v) is 2.48. The number of fused-ring (bicyclic) bond motifs is 1. The minimum atomic E-state index is -0.00769. The summed E-state index contributed by atoms with van der Waals surface area (Å²) in [5, 5.41) is 4.49. The standard InChI is InChI=1S/C14H17N3O/c18-14-8-7-11-4-1-2-6-13(11)17(14)16-10-12-5-3-9-15-12/h1-2,4,6-8,12,15-16H,3,5,9-10H2/t12-/m0/s1. The molecule has 0 spiro atoms. The highest BCUT2D eigenvalue weighted by Crippen LogP contribution is 2.10. The van der Waals surface area contributed by atoms with Crippen molar-refractivity contribution >= 4 is 10.9 Å². The summed E-state index contributed by atoms with van der Waals surface area (Å²) < 4.78 is 1.65. The van der Waals surface area contributed by atoms with E-state index in [1.807, 2.05) is 30.3 Å². The molecule has 1 aliphatic heterocycles. The monoisotopic (exact) mass is 243 g/mol. The molecule has 4 heteroatoms. The van der Waals surface area contributed by atoms with Crippen LogP contribution in [0.15, 0.2) is 41.2 Å². The molecule has 0 saturated carbocycles. The highest BCUT2D eigenvalue weighted by molar-refractivity contribution is 5.78. The summed E-state index contributed by atoms with van der Waals surface area (Å²) >= 11 is 0. The van der Waals surface area contributed by atoms with E-state index in [0.29, 0.717) is 6.04 Å². The first kappa shape index (κ1) is 11.3. The van der Waals surface area contributed by atoms with Crippen LogP contribution in [0.25, 0.3) is 10.9 Å². The average Bonchev–Trinajstić information content (AvgIpc) is 2.91. The highest BCUT2D eigenvalue weighted by Gasteiger charge is 2.13. The lowest BCUT2D eigenvalue weighted by Gasteiger charge is -2.16. The van der Waals surface area contributed by atoms with Crippen LogP contribution in [-0.4, -0.2) is 23.8 Å². The predicted molar refractivity (Wildman–Crippen MR) is 73.5 cm³/mol. The fourth-order valence-electron chi connectivity index (χ4n) is 2.48. The van der Waals surface area contributed by atoms with Gasteiger partial charge in [-0.15, -0.1) is 0 Å². The summed E-state index contributed by atoms with van der Waals surface area (Å²) in [6.07, 6.45) is 2.39. The molecule has 0 radical (unpaired) electrons. The lowest BCUT2D eigenvalue weighted by molar-refractivity contribution is 0.604. The number of benzene rings is 1. The highest BCUT2D eigenvalue weighted by atomic mass is 16.1. The largest absolute Gasteiger partial charge is 0.321 e. The van der Waals surface area contributed by atoms with E-state index in [1.54, 1.807) is 10.7 Å². The fraction of sp³-hybridized carbons (Fsp3) is 0.357. The van der Waals surface area contributed by atoms with E-state index in [4.69, 9.17) is 0 Å². The Morgan fingerprint density at radius 2 is 2.17 bits per heavy atom. The summed E-state index contributed by atoms with van der Waals surface area (Å²) in [6, 6.07) is 11.9. The summed E-state index contributed by atoms with van der Waals surface area (Å²) in [5.41, 5.74) is 4.17. The van der Waals surface area contributed by atoms with Crippen molar-refractivity contribution in [1.82, 2.24) is 9.99 Å². The second-order valence-corrected chi connectivity index (χ2v) is 4.72. The van der Waals surface area contributed by atoms with Crippen LogP contribution in [0.2, 0.25) is 0 Å². The van der Waals surface area contributed by atoms with Crippen molar-refractivity contribution < 1.29 is 0 Å². The first-order valence-corrected chi connectivity index (χ1v) is 6.43. The molecule has 1 atom stereocenters. The zero-order valence-corrected chi connectivity index (χ0v) is 10.2. The van der Waals surface area contributed by atoms with Gasteiger partial charge in [-0.2, -0.15) is 0 Å². The van der Waals surface area contributed by atoms with Crippen molar-refractivity contribution in [1.29, 1.82) is 0 Å². The third-order valence-corrected chi connectivity index (χ3v) is 3.46. The predicted octanol–water partition coefficient (Wildman–Crippen LogP) is 1.30. The number of hydrogen-bond donors (Lipinski definition) is 2. The topological polar surface area (TPSA) is 46.1 Å². The maximum Gasteiger partial charge on any atom is 0.269 e. The van der Waals surface area contributed by atoms with Crippen molar-refractivity contribution in [3.05, 3.63) is 46.8 Å². The lowest BCUT2D eigenvalue weighted by atomic mass is 10.2. The van der Waals surface area contributed by atoms with E-state index in [-0.39, 0.29) is 5.56 Å². The molecule has 0 aliphatic carbocycles. The molecule has 0 unspecified atom stereocenters. The van der Waals surface area contributed by atoms with Crippen molar-refractivity contribution in [2.75, 3.05) is 18.5 Å². The summed E-state index contributed by atoms with van der Waals surface area (Å²) in [5.74, 6) is 0.